The van der Waals surface area contributed by atoms with Crippen LogP contribution in [0.25, 0.3) is 76.2 Å². The first kappa shape index (κ1) is 44.8. The lowest BCUT2D eigenvalue weighted by molar-refractivity contribution is 0.444. The van der Waals surface area contributed by atoms with Gasteiger partial charge in [0, 0.05) is 49.1 Å². The Kier molecular flexibility index (Phi) is 10.4. The van der Waals surface area contributed by atoms with Crippen LogP contribution in [0.3, 0.4) is 0 Å². The van der Waals surface area contributed by atoms with Gasteiger partial charge >= 0.3 is 0 Å². The highest BCUT2D eigenvalue weighted by Gasteiger charge is 2.31. The first-order chi connectivity index (χ1) is 34.8. The van der Waals surface area contributed by atoms with Crippen LogP contribution in [0, 0.1) is 13.8 Å². The number of rotatable bonds is 9. The van der Waals surface area contributed by atoms with Gasteiger partial charge in [-0.25, -0.2) is 0 Å². The van der Waals surface area contributed by atoms with E-state index >= 15 is 0 Å². The summed E-state index contributed by atoms with van der Waals surface area (Å²) in [5.74, 6) is 0.593. The predicted octanol–water partition coefficient (Wildman–Crippen LogP) is 19.1. The van der Waals surface area contributed by atoms with E-state index in [9.17, 15) is 0 Å². The lowest BCUT2D eigenvalue weighted by atomic mass is 9.82. The molecule has 356 valence electrons. The molecule has 0 spiro atoms. The maximum atomic E-state index is 7.01. The Labute approximate surface area is 424 Å². The minimum atomic E-state index is -1.66. The molecule has 0 bridgehead atoms. The van der Waals surface area contributed by atoms with Gasteiger partial charge in [0.2, 0.25) is 0 Å². The summed E-state index contributed by atoms with van der Waals surface area (Å²) in [6.45, 7) is 19.2. The van der Waals surface area contributed by atoms with Gasteiger partial charge in [0.15, 0.2) is 11.2 Å². The van der Waals surface area contributed by atoms with E-state index in [0.717, 1.165) is 78.0 Å². The van der Waals surface area contributed by atoms with Gasteiger partial charge in [-0.3, -0.25) is 0 Å². The maximum Gasteiger partial charge on any atom is 0.159 e. The highest BCUT2D eigenvalue weighted by atomic mass is 28.3. The molecule has 13 rings (SSSR count). The van der Waals surface area contributed by atoms with E-state index in [2.05, 4.69) is 227 Å². The average Bonchev–Trinajstić information content (AvgIpc) is 3.96. The van der Waals surface area contributed by atoms with Crippen molar-refractivity contribution < 1.29 is 8.83 Å². The highest BCUT2D eigenvalue weighted by molar-refractivity contribution is 6.89. The zero-order valence-electron chi connectivity index (χ0n) is 42.9. The van der Waals surface area contributed by atoms with Gasteiger partial charge in [0.1, 0.15) is 11.2 Å². The van der Waals surface area contributed by atoms with Crippen molar-refractivity contribution >= 4 is 137 Å². The van der Waals surface area contributed by atoms with Gasteiger partial charge in [-0.1, -0.05) is 190 Å². The normalized spacial score (nSPS) is 14.1. The molecule has 1 saturated carbocycles. The summed E-state index contributed by atoms with van der Waals surface area (Å²) in [4.78, 5) is 5.05. The second-order valence-corrected chi connectivity index (χ2v) is 33.0. The summed E-state index contributed by atoms with van der Waals surface area (Å²) >= 11 is 0. The third-order valence-corrected chi connectivity index (χ3v) is 20.2. The van der Waals surface area contributed by atoms with Crippen LogP contribution in [0.4, 0.5) is 34.1 Å². The van der Waals surface area contributed by atoms with Crippen molar-refractivity contribution in [3.63, 3.8) is 0 Å². The molecule has 1 fully saturated rings. The molecule has 1 aliphatic rings. The van der Waals surface area contributed by atoms with Crippen LogP contribution < -0.4 is 20.2 Å². The van der Waals surface area contributed by atoms with Gasteiger partial charge in [0.25, 0.3) is 0 Å². The van der Waals surface area contributed by atoms with Gasteiger partial charge in [-0.15, -0.1) is 0 Å². The molecule has 6 heteroatoms. The van der Waals surface area contributed by atoms with Crippen LogP contribution in [0.15, 0.2) is 173 Å². The van der Waals surface area contributed by atoms with Gasteiger partial charge in [0.05, 0.1) is 38.9 Å². The van der Waals surface area contributed by atoms with Crippen LogP contribution in [0.1, 0.15) is 54.7 Å². The van der Waals surface area contributed by atoms with Crippen molar-refractivity contribution in [3.05, 3.63) is 180 Å². The smallest absolute Gasteiger partial charge is 0.159 e. The predicted molar refractivity (Wildman–Crippen MR) is 315 cm³/mol. The van der Waals surface area contributed by atoms with Gasteiger partial charge in [-0.2, -0.15) is 0 Å². The van der Waals surface area contributed by atoms with Crippen molar-refractivity contribution in [3.8, 4) is 0 Å². The number of hydrogen-bond acceptors (Lipinski definition) is 4. The van der Waals surface area contributed by atoms with Crippen molar-refractivity contribution in [1.82, 2.24) is 0 Å². The average molecular weight is 971 g/mol. The van der Waals surface area contributed by atoms with E-state index in [0.29, 0.717) is 5.92 Å². The minimum Gasteiger partial charge on any atom is -0.454 e. The Morgan fingerprint density at radius 2 is 0.847 bits per heavy atom. The van der Waals surface area contributed by atoms with Crippen molar-refractivity contribution in [1.29, 1.82) is 0 Å². The number of aryl methyl sites for hydroxylation is 2. The van der Waals surface area contributed by atoms with Crippen molar-refractivity contribution in [2.75, 3.05) is 9.80 Å². The summed E-state index contributed by atoms with van der Waals surface area (Å²) in [5.41, 5.74) is 13.9. The van der Waals surface area contributed by atoms with Crippen molar-refractivity contribution in [2.24, 2.45) is 0 Å². The zero-order valence-corrected chi connectivity index (χ0v) is 44.9. The fourth-order valence-electron chi connectivity index (χ4n) is 12.3. The van der Waals surface area contributed by atoms with Crippen LogP contribution in [-0.4, -0.2) is 16.1 Å². The standard InChI is InChI=1S/C66H62N2O2Si2/c1-41-36-47(71(3,4)5)30-34-55(41)67(57-24-16-22-51-49-20-12-14-26-61(49)69-65(51)57)59-40-60(54-33-29-45-39-46(43-18-10-9-11-19-43)38-44-28-32-53(59)64(54)63(44)45)68(56-35-31-48(37-42(56)2)72(6,7)8)58-25-17-23-52-50-21-13-15-27-62(50)70-66(52)58/h12-17,20-40,43H,9-11,18-19H2,1-8H3. The van der Waals surface area contributed by atoms with Crippen molar-refractivity contribution in [2.45, 2.75) is 91.2 Å². The highest BCUT2D eigenvalue weighted by Crippen LogP contribution is 2.54. The maximum absolute atomic E-state index is 7.01. The molecular formula is C66H62N2O2Si2. The van der Waals surface area contributed by atoms with E-state index in [1.165, 1.54) is 91.5 Å². The Hall–Kier alpha value is -7.13. The number of fused-ring (bicyclic) bond motifs is 6. The van der Waals surface area contributed by atoms with Gasteiger partial charge < -0.3 is 18.6 Å². The third kappa shape index (κ3) is 7.20. The second-order valence-electron chi connectivity index (χ2n) is 22.9. The van der Waals surface area contributed by atoms with E-state index in [4.69, 9.17) is 8.83 Å². The summed E-state index contributed by atoms with van der Waals surface area (Å²) in [5, 5.41) is 14.9. The number of hydrogen-bond donors (Lipinski definition) is 0. The van der Waals surface area contributed by atoms with E-state index in [1.54, 1.807) is 0 Å². The lowest BCUT2D eigenvalue weighted by Gasteiger charge is -2.34. The number of benzene rings is 10. The Bertz CT molecular complexity index is 3860. The SMILES string of the molecule is Cc1cc([Si](C)(C)C)ccc1N(c1cc(N(c2ccc([Si](C)(C)C)cc2C)c2cccc3c2oc2ccccc23)c2ccc3cc(C4CCCCC4)cc4ccc1c2c43)c1cccc2c1oc1ccccc12. The molecule has 1 aliphatic carbocycles. The zero-order chi connectivity index (χ0) is 49.2. The molecule has 12 aromatic rings. The molecule has 0 atom stereocenters. The molecular weight excluding hydrogens is 909 g/mol. The largest absolute Gasteiger partial charge is 0.454 e. The Morgan fingerprint density at radius 1 is 0.389 bits per heavy atom. The quantitative estimate of drug-likeness (QED) is 0.107. The molecule has 0 radical (unpaired) electrons. The summed E-state index contributed by atoms with van der Waals surface area (Å²) < 4.78 is 14.0. The van der Waals surface area contributed by atoms with Gasteiger partial charge in [-0.05, 0) is 108 Å². The number of furan rings is 2. The van der Waals surface area contributed by atoms with Crippen LogP contribution >= 0.6 is 0 Å². The van der Waals surface area contributed by atoms with Crippen LogP contribution in [-0.2, 0) is 0 Å². The Morgan fingerprint density at radius 3 is 1.31 bits per heavy atom. The fraction of sp³-hybridized carbons (Fsp3) is 0.212. The monoisotopic (exact) mass is 970 g/mol. The van der Waals surface area contributed by atoms with E-state index in [-0.39, 0.29) is 0 Å². The number of anilines is 6. The molecule has 0 unspecified atom stereocenters. The summed E-state index contributed by atoms with van der Waals surface area (Å²) in [6, 6.07) is 62.0. The molecule has 10 aromatic carbocycles. The minimum absolute atomic E-state index is 0.593. The van der Waals surface area contributed by atoms with E-state index in [1.807, 2.05) is 0 Å². The number of nitrogens with zero attached hydrogens (tertiary/aromatic N) is 2. The molecule has 72 heavy (non-hydrogen) atoms. The summed E-state index contributed by atoms with van der Waals surface area (Å²) in [6.07, 6.45) is 6.48. The van der Waals surface area contributed by atoms with Crippen LogP contribution in [0.5, 0.6) is 0 Å². The molecule has 0 amide bonds. The molecule has 0 N–H and O–H groups in total. The molecule has 4 nitrogen and oxygen atoms in total. The number of para-hydroxylation sites is 4. The first-order valence-corrected chi connectivity index (χ1v) is 33.2. The summed E-state index contributed by atoms with van der Waals surface area (Å²) in [7, 11) is -3.32. The van der Waals surface area contributed by atoms with Crippen LogP contribution in [0.2, 0.25) is 39.3 Å². The topological polar surface area (TPSA) is 32.8 Å². The second kappa shape index (κ2) is 16.7. The van der Waals surface area contributed by atoms with E-state index < -0.39 is 16.1 Å². The molecule has 0 saturated heterocycles. The third-order valence-electron chi connectivity index (χ3n) is 16.1. The lowest BCUT2D eigenvalue weighted by Crippen LogP contribution is -2.37. The Balaban J connectivity index is 1.19. The molecule has 2 aromatic heterocycles. The fourth-order valence-corrected chi connectivity index (χ4v) is 14.8. The molecule has 2 heterocycles. The molecule has 0 aliphatic heterocycles. The first-order valence-electron chi connectivity index (χ1n) is 26.2.